The van der Waals surface area contributed by atoms with Crippen molar-refractivity contribution < 1.29 is 18.0 Å². The molecule has 8 heteroatoms. The van der Waals surface area contributed by atoms with Crippen LogP contribution in [0.5, 0.6) is 0 Å². The van der Waals surface area contributed by atoms with Crippen molar-refractivity contribution in [3.05, 3.63) is 54.1 Å². The number of aryl methyl sites for hydroxylation is 1. The maximum Gasteiger partial charge on any atom is 0.329 e. The molecule has 0 aromatic heterocycles. The first kappa shape index (κ1) is 17.0. The van der Waals surface area contributed by atoms with E-state index in [1.54, 1.807) is 37.3 Å². The summed E-state index contributed by atoms with van der Waals surface area (Å²) in [7, 11) is -3.76. The molecular weight excluding hydrogens is 342 g/mol. The van der Waals surface area contributed by atoms with E-state index in [0.717, 1.165) is 10.5 Å². The van der Waals surface area contributed by atoms with Gasteiger partial charge < -0.3 is 5.32 Å². The number of imide groups is 1. The molecule has 2 aromatic rings. The first-order valence-corrected chi connectivity index (χ1v) is 9.10. The van der Waals surface area contributed by atoms with E-state index in [9.17, 15) is 18.0 Å². The largest absolute Gasteiger partial charge is 0.329 e. The maximum absolute atomic E-state index is 12.5. The lowest BCUT2D eigenvalue weighted by Crippen LogP contribution is -2.30. The van der Waals surface area contributed by atoms with Gasteiger partial charge in [0.25, 0.3) is 15.9 Å². The Morgan fingerprint density at radius 1 is 1.08 bits per heavy atom. The van der Waals surface area contributed by atoms with Gasteiger partial charge in [0.2, 0.25) is 0 Å². The van der Waals surface area contributed by atoms with Crippen LogP contribution in [0.3, 0.4) is 0 Å². The molecule has 1 aliphatic heterocycles. The third kappa shape index (κ3) is 3.34. The van der Waals surface area contributed by atoms with E-state index < -0.39 is 22.1 Å². The van der Waals surface area contributed by atoms with E-state index in [1.807, 2.05) is 6.92 Å². The second kappa shape index (κ2) is 6.21. The van der Waals surface area contributed by atoms with Crippen molar-refractivity contribution in [3.63, 3.8) is 0 Å². The molecule has 1 fully saturated rings. The van der Waals surface area contributed by atoms with Crippen LogP contribution in [-0.2, 0) is 14.8 Å². The summed E-state index contributed by atoms with van der Waals surface area (Å²) in [5, 5.41) is 2.51. The van der Waals surface area contributed by atoms with Crippen LogP contribution in [0.1, 0.15) is 12.5 Å². The highest BCUT2D eigenvalue weighted by Gasteiger charge is 2.36. The summed E-state index contributed by atoms with van der Waals surface area (Å²) >= 11 is 0. The molecule has 3 rings (SSSR count). The third-order valence-corrected chi connectivity index (χ3v) is 5.22. The Balaban J connectivity index is 1.88. The molecule has 0 aliphatic carbocycles. The molecule has 130 valence electrons. The molecule has 1 heterocycles. The molecule has 1 unspecified atom stereocenters. The summed E-state index contributed by atoms with van der Waals surface area (Å²) in [6.07, 6.45) is 0. The summed E-state index contributed by atoms with van der Waals surface area (Å²) in [6.45, 7) is 3.45. The normalized spacial score (nSPS) is 17.5. The van der Waals surface area contributed by atoms with Crippen LogP contribution in [0.15, 0.2) is 53.4 Å². The van der Waals surface area contributed by atoms with Crippen molar-refractivity contribution in [1.29, 1.82) is 0 Å². The lowest BCUT2D eigenvalue weighted by Gasteiger charge is -2.15. The van der Waals surface area contributed by atoms with Gasteiger partial charge in [-0.05, 0) is 44.2 Å². The van der Waals surface area contributed by atoms with E-state index >= 15 is 0 Å². The van der Waals surface area contributed by atoms with Crippen molar-refractivity contribution in [2.45, 2.75) is 24.8 Å². The second-order valence-electron chi connectivity index (χ2n) is 5.81. The van der Waals surface area contributed by atoms with Gasteiger partial charge in [-0.15, -0.1) is 0 Å². The van der Waals surface area contributed by atoms with Gasteiger partial charge >= 0.3 is 6.03 Å². The van der Waals surface area contributed by atoms with Crippen molar-refractivity contribution >= 4 is 33.3 Å². The van der Waals surface area contributed by atoms with Crippen molar-refractivity contribution in [2.75, 3.05) is 9.62 Å². The lowest BCUT2D eigenvalue weighted by molar-refractivity contribution is -0.117. The fourth-order valence-electron chi connectivity index (χ4n) is 2.49. The molecule has 25 heavy (non-hydrogen) atoms. The number of rotatable bonds is 4. The van der Waals surface area contributed by atoms with Gasteiger partial charge in [-0.1, -0.05) is 23.8 Å². The topological polar surface area (TPSA) is 95.6 Å². The van der Waals surface area contributed by atoms with E-state index in [-0.39, 0.29) is 16.5 Å². The van der Waals surface area contributed by atoms with Gasteiger partial charge in [0.15, 0.2) is 0 Å². The number of carbonyl (C=O) groups is 2. The Morgan fingerprint density at radius 3 is 2.36 bits per heavy atom. The zero-order chi connectivity index (χ0) is 18.2. The summed E-state index contributed by atoms with van der Waals surface area (Å²) in [4.78, 5) is 25.1. The van der Waals surface area contributed by atoms with Crippen molar-refractivity contribution in [1.82, 2.24) is 5.32 Å². The Kier molecular flexibility index (Phi) is 4.22. The number of hydrogen-bond acceptors (Lipinski definition) is 4. The van der Waals surface area contributed by atoms with E-state index in [1.165, 1.54) is 18.2 Å². The molecule has 0 spiro atoms. The van der Waals surface area contributed by atoms with Crippen LogP contribution >= 0.6 is 0 Å². The minimum Gasteiger partial charge on any atom is -0.326 e. The molecule has 2 N–H and O–H groups in total. The molecule has 3 amide bonds. The van der Waals surface area contributed by atoms with Gasteiger partial charge in [-0.3, -0.25) is 9.52 Å². The smallest absolute Gasteiger partial charge is 0.326 e. The first-order valence-electron chi connectivity index (χ1n) is 7.62. The molecular formula is C17H17N3O4S. The summed E-state index contributed by atoms with van der Waals surface area (Å²) < 4.78 is 27.4. The number of anilines is 2. The highest BCUT2D eigenvalue weighted by molar-refractivity contribution is 7.92. The molecule has 0 bridgehead atoms. The SMILES string of the molecule is Cc1ccc(S(=O)(=O)Nc2cccc(N3C(=O)NC(C)C3=O)c2)cc1. The monoisotopic (exact) mass is 359 g/mol. The number of carbonyl (C=O) groups excluding carboxylic acids is 2. The van der Waals surface area contributed by atoms with E-state index in [4.69, 9.17) is 0 Å². The number of hydrogen-bond donors (Lipinski definition) is 2. The number of amides is 3. The fourth-order valence-corrected chi connectivity index (χ4v) is 3.54. The van der Waals surface area contributed by atoms with Crippen molar-refractivity contribution in [2.24, 2.45) is 0 Å². The number of urea groups is 1. The van der Waals surface area contributed by atoms with Gasteiger partial charge in [0.05, 0.1) is 16.3 Å². The van der Waals surface area contributed by atoms with Gasteiger partial charge in [0.1, 0.15) is 6.04 Å². The summed E-state index contributed by atoms with van der Waals surface area (Å²) in [5.41, 5.74) is 1.52. The standard InChI is InChI=1S/C17H17N3O4S/c1-11-6-8-15(9-7-11)25(23,24)19-13-4-3-5-14(10-13)20-16(21)12(2)18-17(20)22/h3-10,12,19H,1-2H3,(H,18,22). The number of nitrogens with zero attached hydrogens (tertiary/aromatic N) is 1. The van der Waals surface area contributed by atoms with Gasteiger partial charge in [0, 0.05) is 0 Å². The molecule has 1 aliphatic rings. The van der Waals surface area contributed by atoms with E-state index in [2.05, 4.69) is 10.0 Å². The average Bonchev–Trinajstić information content (AvgIpc) is 2.80. The first-order chi connectivity index (χ1) is 11.8. The minimum atomic E-state index is -3.76. The number of nitrogens with one attached hydrogen (secondary N) is 2. The highest BCUT2D eigenvalue weighted by atomic mass is 32.2. The molecule has 1 atom stereocenters. The molecule has 2 aromatic carbocycles. The van der Waals surface area contributed by atoms with Crippen LogP contribution in [0, 0.1) is 6.92 Å². The molecule has 7 nitrogen and oxygen atoms in total. The van der Waals surface area contributed by atoms with Crippen LogP contribution < -0.4 is 14.9 Å². The van der Waals surface area contributed by atoms with Crippen LogP contribution in [0.4, 0.5) is 16.2 Å². The Hall–Kier alpha value is -2.87. The highest BCUT2D eigenvalue weighted by Crippen LogP contribution is 2.25. The number of sulfonamides is 1. The zero-order valence-corrected chi connectivity index (χ0v) is 14.5. The zero-order valence-electron chi connectivity index (χ0n) is 13.7. The fraction of sp³-hybridized carbons (Fsp3) is 0.176. The predicted octanol–water partition coefficient (Wildman–Crippen LogP) is 2.24. The van der Waals surface area contributed by atoms with Crippen molar-refractivity contribution in [3.8, 4) is 0 Å². The maximum atomic E-state index is 12.5. The van der Waals surface area contributed by atoms with Crippen LogP contribution in [0.2, 0.25) is 0 Å². The van der Waals surface area contributed by atoms with E-state index in [0.29, 0.717) is 5.69 Å². The average molecular weight is 359 g/mol. The Morgan fingerprint density at radius 2 is 1.76 bits per heavy atom. The summed E-state index contributed by atoms with van der Waals surface area (Å²) in [6, 6.07) is 11.4. The Labute approximate surface area is 145 Å². The molecule has 1 saturated heterocycles. The minimum absolute atomic E-state index is 0.132. The van der Waals surface area contributed by atoms with Gasteiger partial charge in [-0.2, -0.15) is 0 Å². The third-order valence-electron chi connectivity index (χ3n) is 3.82. The summed E-state index contributed by atoms with van der Waals surface area (Å²) in [5.74, 6) is -0.386. The quantitative estimate of drug-likeness (QED) is 0.819. The van der Waals surface area contributed by atoms with Gasteiger partial charge in [-0.25, -0.2) is 18.1 Å². The Bertz CT molecular complexity index is 939. The molecule has 0 radical (unpaired) electrons. The second-order valence-corrected chi connectivity index (χ2v) is 7.50. The molecule has 0 saturated carbocycles. The van der Waals surface area contributed by atoms with Crippen LogP contribution in [-0.4, -0.2) is 26.4 Å². The number of benzene rings is 2. The van der Waals surface area contributed by atoms with Crippen LogP contribution in [0.25, 0.3) is 0 Å². The lowest BCUT2D eigenvalue weighted by atomic mass is 10.2. The predicted molar refractivity (Wildman–Crippen MR) is 93.9 cm³/mol.